The largest absolute Gasteiger partial charge is 0.512 e. The summed E-state index contributed by atoms with van der Waals surface area (Å²) in [4.78, 5) is 0. The molecule has 0 unspecified atom stereocenters. The van der Waals surface area contributed by atoms with E-state index in [-0.39, 0.29) is 0 Å². The Bertz CT molecular complexity index is 855. The summed E-state index contributed by atoms with van der Waals surface area (Å²) in [5.41, 5.74) is 3.31. The highest BCUT2D eigenvalue weighted by atomic mass is 16.3. The van der Waals surface area contributed by atoms with Crippen molar-refractivity contribution >= 4 is 27.1 Å². The Morgan fingerprint density at radius 1 is 0.818 bits per heavy atom. The van der Waals surface area contributed by atoms with E-state index in [0.29, 0.717) is 5.76 Å². The van der Waals surface area contributed by atoms with Gasteiger partial charge in [0.05, 0.1) is 5.76 Å². The Morgan fingerprint density at radius 2 is 1.32 bits per heavy atom. The van der Waals surface area contributed by atoms with E-state index >= 15 is 0 Å². The summed E-state index contributed by atoms with van der Waals surface area (Å²) in [6.45, 7) is 5.77. The number of hydrogen-bond donors (Lipinski definition) is 1. The molecule has 0 aliphatic heterocycles. The van der Waals surface area contributed by atoms with Gasteiger partial charge in [0.25, 0.3) is 0 Å². The Labute approximate surface area is 131 Å². The maximum Gasteiger partial charge on any atom is 0.0920 e. The fourth-order valence-corrected chi connectivity index (χ4v) is 2.94. The number of hydrogen-bond acceptors (Lipinski definition) is 1. The Kier molecular flexibility index (Phi) is 3.72. The predicted molar refractivity (Wildman–Crippen MR) is 96.1 cm³/mol. The number of benzene rings is 3. The van der Waals surface area contributed by atoms with Gasteiger partial charge in [-0.3, -0.25) is 0 Å². The minimum atomic E-state index is 0.365. The van der Waals surface area contributed by atoms with Gasteiger partial charge >= 0.3 is 0 Å². The van der Waals surface area contributed by atoms with Crippen LogP contribution in [0.5, 0.6) is 0 Å². The molecule has 0 bridgehead atoms. The van der Waals surface area contributed by atoms with Crippen LogP contribution >= 0.6 is 0 Å². The molecule has 22 heavy (non-hydrogen) atoms. The second-order valence-corrected chi connectivity index (χ2v) is 5.79. The first-order valence-corrected chi connectivity index (χ1v) is 7.53. The van der Waals surface area contributed by atoms with Gasteiger partial charge in [0.2, 0.25) is 0 Å². The molecule has 3 aromatic rings. The van der Waals surface area contributed by atoms with Crippen LogP contribution in [-0.4, -0.2) is 5.11 Å². The molecule has 0 fully saturated rings. The van der Waals surface area contributed by atoms with Gasteiger partial charge in [0, 0.05) is 0 Å². The van der Waals surface area contributed by atoms with Gasteiger partial charge in [-0.15, -0.1) is 0 Å². The van der Waals surface area contributed by atoms with Crippen LogP contribution < -0.4 is 0 Å². The van der Waals surface area contributed by atoms with Crippen molar-refractivity contribution in [3.8, 4) is 0 Å². The maximum absolute atomic E-state index is 9.68. The molecule has 3 aromatic carbocycles. The second-order valence-electron chi connectivity index (χ2n) is 5.79. The van der Waals surface area contributed by atoms with Crippen molar-refractivity contribution in [2.24, 2.45) is 0 Å². The number of allylic oxidation sites excluding steroid dienone is 4. The molecule has 0 atom stereocenters. The zero-order valence-corrected chi connectivity index (χ0v) is 13.2. The molecule has 0 aliphatic rings. The van der Waals surface area contributed by atoms with Gasteiger partial charge in [-0.25, -0.2) is 0 Å². The fraction of sp³-hybridized carbons (Fsp3) is 0.143. The SMILES string of the molecule is C/C(=C\C(C)=C(/C)O)c1c2ccccc2cc2ccccc12. The summed E-state index contributed by atoms with van der Waals surface area (Å²) < 4.78 is 0. The Hall–Kier alpha value is -2.54. The smallest absolute Gasteiger partial charge is 0.0920 e. The lowest BCUT2D eigenvalue weighted by atomic mass is 9.92. The monoisotopic (exact) mass is 288 g/mol. The van der Waals surface area contributed by atoms with Crippen molar-refractivity contribution in [3.63, 3.8) is 0 Å². The molecular formula is C21H20O. The van der Waals surface area contributed by atoms with Gasteiger partial charge in [0.1, 0.15) is 0 Å². The zero-order valence-electron chi connectivity index (χ0n) is 13.2. The van der Waals surface area contributed by atoms with Crippen molar-refractivity contribution in [3.05, 3.63) is 77.6 Å². The maximum atomic E-state index is 9.68. The van der Waals surface area contributed by atoms with Crippen LogP contribution in [0.15, 0.2) is 72.0 Å². The minimum absolute atomic E-state index is 0.365. The highest BCUT2D eigenvalue weighted by molar-refractivity contribution is 6.08. The molecule has 0 spiro atoms. The molecule has 0 aromatic heterocycles. The predicted octanol–water partition coefficient (Wildman–Crippen LogP) is 6.25. The zero-order chi connectivity index (χ0) is 15.7. The lowest BCUT2D eigenvalue weighted by Crippen LogP contribution is -1.89. The van der Waals surface area contributed by atoms with Gasteiger partial charge < -0.3 is 5.11 Å². The molecule has 0 heterocycles. The van der Waals surface area contributed by atoms with Gasteiger partial charge in [0.15, 0.2) is 0 Å². The minimum Gasteiger partial charge on any atom is -0.512 e. The van der Waals surface area contributed by atoms with Crippen molar-refractivity contribution in [2.75, 3.05) is 0 Å². The molecule has 0 saturated heterocycles. The molecule has 0 radical (unpaired) electrons. The van der Waals surface area contributed by atoms with E-state index in [1.165, 1.54) is 32.7 Å². The van der Waals surface area contributed by atoms with Gasteiger partial charge in [-0.2, -0.15) is 0 Å². The van der Waals surface area contributed by atoms with E-state index in [9.17, 15) is 5.11 Å². The van der Waals surface area contributed by atoms with Crippen LogP contribution in [-0.2, 0) is 0 Å². The third-order valence-corrected chi connectivity index (χ3v) is 4.17. The van der Waals surface area contributed by atoms with E-state index in [2.05, 4.69) is 67.6 Å². The van der Waals surface area contributed by atoms with Gasteiger partial charge in [-0.05, 0) is 65.1 Å². The number of aliphatic hydroxyl groups is 1. The van der Waals surface area contributed by atoms with Crippen molar-refractivity contribution in [1.82, 2.24) is 0 Å². The third kappa shape index (κ3) is 2.50. The normalized spacial score (nSPS) is 13.5. The summed E-state index contributed by atoms with van der Waals surface area (Å²) in [6.07, 6.45) is 2.06. The standard InChI is InChI=1S/C21H20O/c1-14(16(3)22)12-15(2)21-19-10-6-4-8-17(19)13-18-9-5-7-11-20(18)21/h4-13,22H,1-3H3/b15-12+,16-14+. The fourth-order valence-electron chi connectivity index (χ4n) is 2.94. The van der Waals surface area contributed by atoms with Crippen LogP contribution in [0, 0.1) is 0 Å². The van der Waals surface area contributed by atoms with Crippen molar-refractivity contribution in [2.45, 2.75) is 20.8 Å². The highest BCUT2D eigenvalue weighted by Gasteiger charge is 2.09. The second kappa shape index (κ2) is 5.69. The lowest BCUT2D eigenvalue weighted by molar-refractivity contribution is 0.409. The van der Waals surface area contributed by atoms with Crippen LogP contribution in [0.1, 0.15) is 26.3 Å². The van der Waals surface area contributed by atoms with Crippen molar-refractivity contribution in [1.29, 1.82) is 0 Å². The first-order valence-electron chi connectivity index (χ1n) is 7.53. The quantitative estimate of drug-likeness (QED) is 0.336. The van der Waals surface area contributed by atoms with E-state index in [1.54, 1.807) is 6.92 Å². The number of rotatable bonds is 2. The molecule has 1 heteroatoms. The molecule has 3 rings (SSSR count). The van der Waals surface area contributed by atoms with Crippen LogP contribution in [0.4, 0.5) is 0 Å². The van der Waals surface area contributed by atoms with Gasteiger partial charge in [-0.1, -0.05) is 54.6 Å². The molecule has 1 N–H and O–H groups in total. The van der Waals surface area contributed by atoms with Crippen molar-refractivity contribution < 1.29 is 5.11 Å². The average Bonchev–Trinajstić information content (AvgIpc) is 2.52. The van der Waals surface area contributed by atoms with E-state index in [4.69, 9.17) is 0 Å². The first-order chi connectivity index (χ1) is 10.6. The van der Waals surface area contributed by atoms with E-state index < -0.39 is 0 Å². The topological polar surface area (TPSA) is 20.2 Å². The number of fused-ring (bicyclic) bond motifs is 2. The van der Waals surface area contributed by atoms with Crippen LogP contribution in [0.3, 0.4) is 0 Å². The summed E-state index contributed by atoms with van der Waals surface area (Å²) in [7, 11) is 0. The van der Waals surface area contributed by atoms with Crippen LogP contribution in [0.25, 0.3) is 27.1 Å². The lowest BCUT2D eigenvalue weighted by Gasteiger charge is -2.12. The molecular weight excluding hydrogens is 268 g/mol. The van der Waals surface area contributed by atoms with Crippen LogP contribution in [0.2, 0.25) is 0 Å². The summed E-state index contributed by atoms with van der Waals surface area (Å²) in [5.74, 6) is 0.365. The first kappa shape index (κ1) is 14.4. The number of aliphatic hydroxyl groups excluding tert-OH is 1. The average molecular weight is 288 g/mol. The third-order valence-electron chi connectivity index (χ3n) is 4.17. The van der Waals surface area contributed by atoms with E-state index in [0.717, 1.165) is 5.57 Å². The summed E-state index contributed by atoms with van der Waals surface area (Å²) >= 11 is 0. The Morgan fingerprint density at radius 3 is 1.82 bits per heavy atom. The summed E-state index contributed by atoms with van der Waals surface area (Å²) in [6, 6.07) is 19.2. The molecule has 110 valence electrons. The van der Waals surface area contributed by atoms with E-state index in [1.807, 2.05) is 6.92 Å². The summed E-state index contributed by atoms with van der Waals surface area (Å²) in [5, 5.41) is 14.7. The highest BCUT2D eigenvalue weighted by Crippen LogP contribution is 2.33. The molecule has 0 saturated carbocycles. The molecule has 1 nitrogen and oxygen atoms in total. The molecule has 0 aliphatic carbocycles. The Balaban J connectivity index is 2.41. The molecule has 0 amide bonds.